The highest BCUT2D eigenvalue weighted by molar-refractivity contribution is 7.18. The number of hydrogen-bond acceptors (Lipinski definition) is 5. The minimum absolute atomic E-state index is 0.181. The van der Waals surface area contributed by atoms with Gasteiger partial charge in [0, 0.05) is 22.2 Å². The number of urea groups is 1. The van der Waals surface area contributed by atoms with Crippen molar-refractivity contribution in [1.82, 2.24) is 20.4 Å². The molecule has 172 valence electrons. The Morgan fingerprint density at radius 2 is 1.88 bits per heavy atom. The maximum absolute atomic E-state index is 13.2. The van der Waals surface area contributed by atoms with Crippen LogP contribution in [0.4, 0.5) is 14.3 Å². The molecule has 1 saturated heterocycles. The summed E-state index contributed by atoms with van der Waals surface area (Å²) >= 11 is 13.2. The Balaban J connectivity index is 1.38. The summed E-state index contributed by atoms with van der Waals surface area (Å²) in [5.41, 5.74) is 1.52. The van der Waals surface area contributed by atoms with Gasteiger partial charge in [-0.2, -0.15) is 0 Å². The molecule has 4 rings (SSSR count). The fourth-order valence-corrected chi connectivity index (χ4v) is 4.95. The van der Waals surface area contributed by atoms with Crippen molar-refractivity contribution in [2.24, 2.45) is 0 Å². The Kier molecular flexibility index (Phi) is 7.11. The van der Waals surface area contributed by atoms with Crippen molar-refractivity contribution in [2.45, 2.75) is 31.8 Å². The number of nitrogens with zero attached hydrogens (tertiary/aromatic N) is 3. The van der Waals surface area contributed by atoms with Crippen molar-refractivity contribution >= 4 is 51.6 Å². The fourth-order valence-electron chi connectivity index (χ4n) is 3.70. The van der Waals surface area contributed by atoms with E-state index in [1.165, 1.54) is 12.1 Å². The second-order valence-electron chi connectivity index (χ2n) is 7.62. The largest absolute Gasteiger partial charge is 0.334 e. The number of benzene rings is 2. The van der Waals surface area contributed by atoms with Crippen molar-refractivity contribution in [3.05, 3.63) is 63.9 Å². The molecule has 1 fully saturated rings. The zero-order valence-electron chi connectivity index (χ0n) is 17.5. The number of nitrogens with one attached hydrogen (secondary N) is 2. The summed E-state index contributed by atoms with van der Waals surface area (Å²) in [7, 11) is 0. The molecule has 3 amide bonds. The molecule has 0 saturated carbocycles. The summed E-state index contributed by atoms with van der Waals surface area (Å²) in [6, 6.07) is 9.65. The van der Waals surface area contributed by atoms with Gasteiger partial charge in [0.2, 0.25) is 11.0 Å². The molecule has 3 aromatic rings. The maximum atomic E-state index is 13.2. The van der Waals surface area contributed by atoms with Crippen LogP contribution in [0.25, 0.3) is 10.6 Å². The molecule has 2 N–H and O–H groups in total. The molecule has 1 aromatic heterocycles. The van der Waals surface area contributed by atoms with Crippen LogP contribution in [-0.2, 0) is 4.79 Å². The zero-order chi connectivity index (χ0) is 23.5. The Morgan fingerprint density at radius 1 is 1.18 bits per heavy atom. The molecule has 2 unspecified atom stereocenters. The molecule has 0 radical (unpaired) electrons. The molecule has 0 spiro atoms. The van der Waals surface area contributed by atoms with Gasteiger partial charge in [-0.15, -0.1) is 10.2 Å². The van der Waals surface area contributed by atoms with Gasteiger partial charge in [0.05, 0.1) is 6.04 Å². The van der Waals surface area contributed by atoms with Crippen LogP contribution >= 0.6 is 34.5 Å². The van der Waals surface area contributed by atoms with Gasteiger partial charge >= 0.3 is 6.03 Å². The first-order valence-corrected chi connectivity index (χ1v) is 11.8. The van der Waals surface area contributed by atoms with Crippen LogP contribution in [-0.4, -0.2) is 39.6 Å². The van der Waals surface area contributed by atoms with Crippen molar-refractivity contribution in [3.8, 4) is 10.6 Å². The Bertz CT molecular complexity index is 1150. The van der Waals surface area contributed by atoms with Gasteiger partial charge in [-0.25, -0.2) is 9.18 Å². The topological polar surface area (TPSA) is 87.2 Å². The van der Waals surface area contributed by atoms with E-state index < -0.39 is 12.1 Å². The quantitative estimate of drug-likeness (QED) is 0.475. The van der Waals surface area contributed by atoms with E-state index in [-0.39, 0.29) is 22.9 Å². The summed E-state index contributed by atoms with van der Waals surface area (Å²) < 4.78 is 13.2. The second-order valence-corrected chi connectivity index (χ2v) is 9.47. The molecule has 7 nitrogen and oxygen atoms in total. The minimum atomic E-state index is -0.666. The average molecular weight is 508 g/mol. The lowest BCUT2D eigenvalue weighted by Crippen LogP contribution is -2.53. The lowest BCUT2D eigenvalue weighted by Gasteiger charge is -2.37. The number of carbonyl (C=O) groups excluding carboxylic acids is 2. The molecule has 1 aliphatic heterocycles. The van der Waals surface area contributed by atoms with E-state index in [2.05, 4.69) is 20.8 Å². The Labute approximate surface area is 203 Å². The van der Waals surface area contributed by atoms with Crippen LogP contribution in [0.3, 0.4) is 0 Å². The summed E-state index contributed by atoms with van der Waals surface area (Å²) in [6.07, 6.45) is 1.27. The summed E-state index contributed by atoms with van der Waals surface area (Å²) in [4.78, 5) is 27.2. The predicted molar refractivity (Wildman–Crippen MR) is 127 cm³/mol. The molecule has 11 heteroatoms. The van der Waals surface area contributed by atoms with Gasteiger partial charge in [-0.1, -0.05) is 46.7 Å². The van der Waals surface area contributed by atoms with Crippen LogP contribution in [0.2, 0.25) is 10.0 Å². The smallest absolute Gasteiger partial charge is 0.321 e. The highest BCUT2D eigenvalue weighted by Gasteiger charge is 2.33. The summed E-state index contributed by atoms with van der Waals surface area (Å²) in [5, 5.41) is 15.2. The van der Waals surface area contributed by atoms with Crippen LogP contribution in [0.15, 0.2) is 42.5 Å². The molecular weight excluding hydrogens is 488 g/mol. The number of hydrogen-bond donors (Lipinski definition) is 2. The second kappa shape index (κ2) is 10.0. The molecular formula is C22H20Cl2FN5O2S. The summed E-state index contributed by atoms with van der Waals surface area (Å²) in [5.74, 6) is -0.509. The lowest BCUT2D eigenvalue weighted by atomic mass is 9.99. The third-order valence-electron chi connectivity index (χ3n) is 5.35. The molecule has 2 aromatic carbocycles. The van der Waals surface area contributed by atoms with E-state index in [1.54, 1.807) is 35.2 Å². The lowest BCUT2D eigenvalue weighted by molar-refractivity contribution is -0.138. The van der Waals surface area contributed by atoms with Gasteiger partial charge in [0.1, 0.15) is 16.9 Å². The van der Waals surface area contributed by atoms with Gasteiger partial charge in [0.15, 0.2) is 0 Å². The average Bonchev–Trinajstić information content (AvgIpc) is 3.23. The molecule has 0 aliphatic carbocycles. The Hall–Kier alpha value is -2.75. The third-order valence-corrected chi connectivity index (χ3v) is 6.68. The van der Waals surface area contributed by atoms with E-state index in [0.717, 1.165) is 23.3 Å². The van der Waals surface area contributed by atoms with Crippen molar-refractivity contribution in [1.29, 1.82) is 0 Å². The SMILES string of the molecule is CC(c1ccc(F)cc1)N1CCCC(NC(=O)Nc2nnc(-c3cc(Cl)cc(Cl)c3)s2)C1=O. The Morgan fingerprint density at radius 3 is 2.58 bits per heavy atom. The predicted octanol–water partition coefficient (Wildman–Crippen LogP) is 5.52. The zero-order valence-corrected chi connectivity index (χ0v) is 19.8. The van der Waals surface area contributed by atoms with E-state index >= 15 is 0 Å². The van der Waals surface area contributed by atoms with Crippen LogP contribution < -0.4 is 10.6 Å². The van der Waals surface area contributed by atoms with Crippen LogP contribution in [0, 0.1) is 5.82 Å². The number of rotatable bonds is 5. The van der Waals surface area contributed by atoms with Gasteiger partial charge in [0.25, 0.3) is 0 Å². The van der Waals surface area contributed by atoms with Gasteiger partial charge < -0.3 is 10.2 Å². The standard InChI is InChI=1S/C22H20Cl2FN5O2S/c1-12(13-4-6-17(25)7-5-13)30-8-2-3-18(20(30)31)26-21(32)27-22-29-28-19(33-22)14-9-15(23)11-16(24)10-14/h4-7,9-12,18H,2-3,8H2,1H3,(H2,26,27,29,32). The maximum Gasteiger partial charge on any atom is 0.321 e. The molecule has 1 aliphatic rings. The van der Waals surface area contributed by atoms with Crippen molar-refractivity contribution in [2.75, 3.05) is 11.9 Å². The number of piperidine rings is 1. The van der Waals surface area contributed by atoms with Gasteiger partial charge in [-0.05, 0) is 55.7 Å². The fraction of sp³-hybridized carbons (Fsp3) is 0.273. The first-order chi connectivity index (χ1) is 15.8. The minimum Gasteiger partial charge on any atom is -0.334 e. The highest BCUT2D eigenvalue weighted by Crippen LogP contribution is 2.31. The van der Waals surface area contributed by atoms with Crippen LogP contribution in [0.1, 0.15) is 31.4 Å². The van der Waals surface area contributed by atoms with Crippen molar-refractivity contribution in [3.63, 3.8) is 0 Å². The van der Waals surface area contributed by atoms with Crippen LogP contribution in [0.5, 0.6) is 0 Å². The normalized spacial score (nSPS) is 17.0. The van der Waals surface area contributed by atoms with Crippen molar-refractivity contribution < 1.29 is 14.0 Å². The molecule has 2 heterocycles. The number of halogens is 3. The first kappa shape index (κ1) is 23.4. The molecule has 0 bridgehead atoms. The van der Waals surface area contributed by atoms with E-state index in [4.69, 9.17) is 23.2 Å². The van der Waals surface area contributed by atoms with Gasteiger partial charge in [-0.3, -0.25) is 10.1 Å². The molecule has 2 atom stereocenters. The highest BCUT2D eigenvalue weighted by atomic mass is 35.5. The van der Waals surface area contributed by atoms with E-state index in [1.807, 2.05) is 6.92 Å². The summed E-state index contributed by atoms with van der Waals surface area (Å²) in [6.45, 7) is 2.46. The number of likely N-dealkylation sites (tertiary alicyclic amines) is 1. The number of aromatic nitrogens is 2. The number of amides is 3. The van der Waals surface area contributed by atoms with E-state index in [0.29, 0.717) is 33.6 Å². The molecule has 33 heavy (non-hydrogen) atoms. The first-order valence-electron chi connectivity index (χ1n) is 10.2. The number of anilines is 1. The third kappa shape index (κ3) is 5.61. The monoisotopic (exact) mass is 507 g/mol. The van der Waals surface area contributed by atoms with E-state index in [9.17, 15) is 14.0 Å². The number of carbonyl (C=O) groups is 2.